The van der Waals surface area contributed by atoms with Gasteiger partial charge in [0.2, 0.25) is 0 Å². The molecule has 2 aromatic carbocycles. The molecule has 7 heteroatoms. The van der Waals surface area contributed by atoms with Crippen LogP contribution in [-0.4, -0.2) is 17.3 Å². The summed E-state index contributed by atoms with van der Waals surface area (Å²) in [6, 6.07) is 15.4. The Morgan fingerprint density at radius 3 is 2.09 bits per heavy atom. The number of anilines is 2. The van der Waals surface area contributed by atoms with Crippen LogP contribution in [0.25, 0.3) is 0 Å². The van der Waals surface area contributed by atoms with Gasteiger partial charge < -0.3 is 15.4 Å². The van der Waals surface area contributed by atoms with Crippen molar-refractivity contribution in [2.75, 3.05) is 17.7 Å². The van der Waals surface area contributed by atoms with Crippen LogP contribution in [0, 0.1) is 6.92 Å². The van der Waals surface area contributed by atoms with E-state index in [1.807, 2.05) is 55.5 Å². The van der Waals surface area contributed by atoms with Crippen LogP contribution in [0.1, 0.15) is 5.56 Å². The van der Waals surface area contributed by atoms with Crippen molar-refractivity contribution >= 4 is 46.0 Å². The van der Waals surface area contributed by atoms with Gasteiger partial charge in [0.25, 0.3) is 0 Å². The van der Waals surface area contributed by atoms with Crippen LogP contribution < -0.4 is 26.2 Å². The summed E-state index contributed by atoms with van der Waals surface area (Å²) in [5.74, 6) is 0.752. The molecule has 0 radical (unpaired) electrons. The molecule has 2 rings (SSSR count). The fraction of sp³-hybridized carbons (Fsp3) is 0.125. The first kappa shape index (κ1) is 17.0. The zero-order chi connectivity index (χ0) is 16.7. The highest BCUT2D eigenvalue weighted by Gasteiger charge is 2.01. The average molecular weight is 346 g/mol. The number of hydrogen-bond donors (Lipinski definition) is 4. The van der Waals surface area contributed by atoms with Crippen LogP contribution >= 0.6 is 24.4 Å². The molecule has 23 heavy (non-hydrogen) atoms. The Kier molecular flexibility index (Phi) is 6.13. The molecule has 0 aliphatic rings. The lowest BCUT2D eigenvalue weighted by molar-refractivity contribution is 0.415. The monoisotopic (exact) mass is 346 g/mol. The van der Waals surface area contributed by atoms with Crippen LogP contribution in [0.4, 0.5) is 11.4 Å². The third-order valence-corrected chi connectivity index (χ3v) is 3.33. The van der Waals surface area contributed by atoms with Crippen LogP contribution in [0.5, 0.6) is 5.75 Å². The largest absolute Gasteiger partial charge is 0.497 e. The number of ether oxygens (including phenoxy) is 1. The van der Waals surface area contributed by atoms with Crippen molar-refractivity contribution in [3.63, 3.8) is 0 Å². The highest BCUT2D eigenvalue weighted by molar-refractivity contribution is 7.81. The van der Waals surface area contributed by atoms with E-state index in [0.29, 0.717) is 10.2 Å². The molecule has 5 nitrogen and oxygen atoms in total. The normalized spacial score (nSPS) is 9.65. The van der Waals surface area contributed by atoms with Crippen molar-refractivity contribution in [2.45, 2.75) is 6.92 Å². The Morgan fingerprint density at radius 2 is 1.48 bits per heavy atom. The molecule has 0 atom stereocenters. The maximum Gasteiger partial charge on any atom is 0.189 e. The Hall–Kier alpha value is -2.38. The van der Waals surface area contributed by atoms with E-state index in [9.17, 15) is 0 Å². The van der Waals surface area contributed by atoms with E-state index < -0.39 is 0 Å². The molecule has 0 aliphatic heterocycles. The molecule has 0 saturated carbocycles. The van der Waals surface area contributed by atoms with Crippen molar-refractivity contribution in [1.82, 2.24) is 10.9 Å². The summed E-state index contributed by atoms with van der Waals surface area (Å²) in [6.45, 7) is 2.03. The highest BCUT2D eigenvalue weighted by Crippen LogP contribution is 2.16. The van der Waals surface area contributed by atoms with Crippen molar-refractivity contribution in [3.05, 3.63) is 54.1 Å². The second-order valence-corrected chi connectivity index (χ2v) is 5.57. The summed E-state index contributed by atoms with van der Waals surface area (Å²) in [6.07, 6.45) is 0. The Labute approximate surface area is 146 Å². The molecular weight excluding hydrogens is 328 g/mol. The van der Waals surface area contributed by atoms with Gasteiger partial charge in [-0.1, -0.05) is 23.8 Å². The molecule has 0 saturated heterocycles. The number of thiocarbonyl (C=S) groups is 2. The second kappa shape index (κ2) is 8.30. The maximum atomic E-state index is 5.20. The van der Waals surface area contributed by atoms with Gasteiger partial charge in [-0.05, 0) is 55.6 Å². The number of nitrogens with one attached hydrogen (secondary N) is 4. The predicted molar refractivity (Wildman–Crippen MR) is 103 cm³/mol. The number of benzene rings is 2. The van der Waals surface area contributed by atoms with Gasteiger partial charge in [0.1, 0.15) is 5.75 Å². The molecule has 2 aromatic rings. The third kappa shape index (κ3) is 5.72. The molecule has 0 bridgehead atoms. The minimum atomic E-state index is 0.395. The first-order valence-corrected chi connectivity index (χ1v) is 7.73. The SMILES string of the molecule is COc1cccc(NC(=S)NNC(=S)Nc2ccc(C)cc2)c1. The molecule has 0 fully saturated rings. The summed E-state index contributed by atoms with van der Waals surface area (Å²) in [5.41, 5.74) is 8.57. The van der Waals surface area contributed by atoms with Crippen molar-refractivity contribution in [1.29, 1.82) is 0 Å². The Bertz CT molecular complexity index is 689. The average Bonchev–Trinajstić information content (AvgIpc) is 2.55. The zero-order valence-electron chi connectivity index (χ0n) is 12.8. The molecule has 0 aliphatic carbocycles. The summed E-state index contributed by atoms with van der Waals surface area (Å²) in [4.78, 5) is 0. The summed E-state index contributed by atoms with van der Waals surface area (Å²) >= 11 is 10.4. The lowest BCUT2D eigenvalue weighted by atomic mass is 10.2. The van der Waals surface area contributed by atoms with Crippen LogP contribution in [0.2, 0.25) is 0 Å². The fourth-order valence-electron chi connectivity index (χ4n) is 1.78. The van der Waals surface area contributed by atoms with Gasteiger partial charge in [-0.2, -0.15) is 0 Å². The molecule has 0 spiro atoms. The molecule has 0 aromatic heterocycles. The van der Waals surface area contributed by atoms with Crippen LogP contribution in [0.15, 0.2) is 48.5 Å². The van der Waals surface area contributed by atoms with Crippen molar-refractivity contribution < 1.29 is 4.74 Å². The van der Waals surface area contributed by atoms with E-state index in [1.165, 1.54) is 5.56 Å². The third-order valence-electron chi connectivity index (χ3n) is 2.93. The number of hydrazine groups is 1. The summed E-state index contributed by atoms with van der Waals surface area (Å²) < 4.78 is 5.16. The second-order valence-electron chi connectivity index (χ2n) is 4.76. The molecule has 0 unspecified atom stereocenters. The number of rotatable bonds is 3. The van der Waals surface area contributed by atoms with E-state index in [-0.39, 0.29) is 0 Å². The van der Waals surface area contributed by atoms with Crippen LogP contribution in [0.3, 0.4) is 0 Å². The molecular formula is C16H18N4OS2. The lowest BCUT2D eigenvalue weighted by Crippen LogP contribution is -2.45. The van der Waals surface area contributed by atoms with Crippen molar-refractivity contribution in [2.24, 2.45) is 0 Å². The molecule has 0 amide bonds. The van der Waals surface area contributed by atoms with Gasteiger partial charge in [0.15, 0.2) is 10.2 Å². The summed E-state index contributed by atoms with van der Waals surface area (Å²) in [5, 5.41) is 6.91. The van der Waals surface area contributed by atoms with E-state index in [4.69, 9.17) is 29.2 Å². The Morgan fingerprint density at radius 1 is 0.870 bits per heavy atom. The number of hydrogen-bond acceptors (Lipinski definition) is 3. The first-order chi connectivity index (χ1) is 11.1. The molecule has 120 valence electrons. The minimum Gasteiger partial charge on any atom is -0.497 e. The first-order valence-electron chi connectivity index (χ1n) is 6.91. The standard InChI is InChI=1S/C16H18N4OS2/c1-11-6-8-12(9-7-11)17-15(22)19-20-16(23)18-13-4-3-5-14(10-13)21-2/h3-10H,1-2H3,(H2,17,19,22)(H2,18,20,23). The van der Waals surface area contributed by atoms with Gasteiger partial charge in [-0.15, -0.1) is 0 Å². The van der Waals surface area contributed by atoms with Gasteiger partial charge >= 0.3 is 0 Å². The van der Waals surface area contributed by atoms with E-state index in [2.05, 4.69) is 21.5 Å². The van der Waals surface area contributed by atoms with Gasteiger partial charge in [0, 0.05) is 17.4 Å². The smallest absolute Gasteiger partial charge is 0.189 e. The number of aryl methyl sites for hydroxylation is 1. The van der Waals surface area contributed by atoms with Crippen LogP contribution in [-0.2, 0) is 0 Å². The number of methoxy groups -OCH3 is 1. The van der Waals surface area contributed by atoms with Gasteiger partial charge in [0.05, 0.1) is 7.11 Å². The van der Waals surface area contributed by atoms with Gasteiger partial charge in [-0.25, -0.2) is 0 Å². The topological polar surface area (TPSA) is 57.4 Å². The molecule has 4 N–H and O–H groups in total. The van der Waals surface area contributed by atoms with E-state index in [0.717, 1.165) is 17.1 Å². The highest BCUT2D eigenvalue weighted by atomic mass is 32.1. The quantitative estimate of drug-likeness (QED) is 0.503. The lowest BCUT2D eigenvalue weighted by Gasteiger charge is -2.14. The fourth-order valence-corrected chi connectivity index (χ4v) is 2.11. The Balaban J connectivity index is 1.79. The molecule has 0 heterocycles. The van der Waals surface area contributed by atoms with Crippen molar-refractivity contribution in [3.8, 4) is 5.75 Å². The minimum absolute atomic E-state index is 0.395. The zero-order valence-corrected chi connectivity index (χ0v) is 14.5. The van der Waals surface area contributed by atoms with E-state index in [1.54, 1.807) is 7.11 Å². The van der Waals surface area contributed by atoms with E-state index >= 15 is 0 Å². The van der Waals surface area contributed by atoms with Gasteiger partial charge in [-0.3, -0.25) is 10.9 Å². The summed E-state index contributed by atoms with van der Waals surface area (Å²) in [7, 11) is 1.62. The maximum absolute atomic E-state index is 5.20. The predicted octanol–water partition coefficient (Wildman–Crippen LogP) is 3.19.